The van der Waals surface area contributed by atoms with Gasteiger partial charge in [-0.3, -0.25) is 4.79 Å². The fourth-order valence-corrected chi connectivity index (χ4v) is 3.11. The van der Waals surface area contributed by atoms with Gasteiger partial charge in [-0.15, -0.1) is 0 Å². The zero-order chi connectivity index (χ0) is 17.7. The molecule has 132 valence electrons. The third-order valence-electron chi connectivity index (χ3n) is 4.69. The Kier molecular flexibility index (Phi) is 5.86. The van der Waals surface area contributed by atoms with Crippen LogP contribution in [0.15, 0.2) is 24.3 Å². The molecule has 3 N–H and O–H groups in total. The SMILES string of the molecule is CNC(=O)C1CCC(NC(=O)Nc2ccc(C(C)(C)C)cc2)CC1. The van der Waals surface area contributed by atoms with Crippen molar-refractivity contribution in [2.45, 2.75) is 57.9 Å². The van der Waals surface area contributed by atoms with E-state index in [0.29, 0.717) is 0 Å². The van der Waals surface area contributed by atoms with Crippen molar-refractivity contribution in [3.8, 4) is 0 Å². The quantitative estimate of drug-likeness (QED) is 0.794. The van der Waals surface area contributed by atoms with Gasteiger partial charge < -0.3 is 16.0 Å². The van der Waals surface area contributed by atoms with Crippen molar-refractivity contribution >= 4 is 17.6 Å². The average molecular weight is 331 g/mol. The number of hydrogen-bond donors (Lipinski definition) is 3. The van der Waals surface area contributed by atoms with Gasteiger partial charge in [0, 0.05) is 24.7 Å². The molecule has 0 atom stereocenters. The highest BCUT2D eigenvalue weighted by atomic mass is 16.2. The molecule has 0 aromatic heterocycles. The Hall–Kier alpha value is -2.04. The van der Waals surface area contributed by atoms with Crippen molar-refractivity contribution in [3.63, 3.8) is 0 Å². The molecular formula is C19H29N3O2. The Labute approximate surface area is 144 Å². The van der Waals surface area contributed by atoms with Gasteiger partial charge in [0.25, 0.3) is 0 Å². The van der Waals surface area contributed by atoms with Gasteiger partial charge in [-0.2, -0.15) is 0 Å². The summed E-state index contributed by atoms with van der Waals surface area (Å²) in [5.74, 6) is 0.192. The lowest BCUT2D eigenvalue weighted by atomic mass is 9.85. The van der Waals surface area contributed by atoms with Crippen LogP contribution in [0.4, 0.5) is 10.5 Å². The molecular weight excluding hydrogens is 302 g/mol. The number of carbonyl (C=O) groups is 2. The van der Waals surface area contributed by atoms with E-state index in [9.17, 15) is 9.59 Å². The molecule has 1 aromatic rings. The number of hydrogen-bond acceptors (Lipinski definition) is 2. The predicted octanol–water partition coefficient (Wildman–Crippen LogP) is 3.41. The van der Waals surface area contributed by atoms with E-state index in [-0.39, 0.29) is 29.3 Å². The minimum atomic E-state index is -0.179. The summed E-state index contributed by atoms with van der Waals surface area (Å²) in [5.41, 5.74) is 2.13. The van der Waals surface area contributed by atoms with E-state index in [2.05, 4.69) is 36.7 Å². The van der Waals surface area contributed by atoms with Gasteiger partial charge in [-0.05, 0) is 48.8 Å². The molecule has 0 unspecified atom stereocenters. The normalized spacial score (nSPS) is 21.0. The van der Waals surface area contributed by atoms with Crippen LogP contribution in [-0.2, 0) is 10.2 Å². The molecule has 0 radical (unpaired) electrons. The van der Waals surface area contributed by atoms with Gasteiger partial charge in [0.1, 0.15) is 0 Å². The van der Waals surface area contributed by atoms with Crippen molar-refractivity contribution in [1.82, 2.24) is 10.6 Å². The third kappa shape index (κ3) is 4.98. The number of carbonyl (C=O) groups excluding carboxylic acids is 2. The molecule has 1 aliphatic rings. The van der Waals surface area contributed by atoms with Crippen LogP contribution < -0.4 is 16.0 Å². The second-order valence-corrected chi connectivity index (χ2v) is 7.59. The lowest BCUT2D eigenvalue weighted by Gasteiger charge is -2.28. The maximum Gasteiger partial charge on any atom is 0.319 e. The van der Waals surface area contributed by atoms with E-state index in [1.54, 1.807) is 7.05 Å². The van der Waals surface area contributed by atoms with Gasteiger partial charge in [-0.1, -0.05) is 32.9 Å². The summed E-state index contributed by atoms with van der Waals surface area (Å²) in [6.45, 7) is 6.49. The highest BCUT2D eigenvalue weighted by Crippen LogP contribution is 2.25. The minimum absolute atomic E-state index is 0.0843. The van der Waals surface area contributed by atoms with Crippen LogP contribution in [0.2, 0.25) is 0 Å². The molecule has 0 saturated heterocycles. The van der Waals surface area contributed by atoms with Gasteiger partial charge in [0.2, 0.25) is 5.91 Å². The lowest BCUT2D eigenvalue weighted by Crippen LogP contribution is -2.42. The lowest BCUT2D eigenvalue weighted by molar-refractivity contribution is -0.125. The van der Waals surface area contributed by atoms with Crippen molar-refractivity contribution in [2.75, 3.05) is 12.4 Å². The summed E-state index contributed by atoms with van der Waals surface area (Å²) in [7, 11) is 1.67. The first-order valence-electron chi connectivity index (χ1n) is 8.69. The van der Waals surface area contributed by atoms with Crippen LogP contribution in [0.25, 0.3) is 0 Å². The topological polar surface area (TPSA) is 70.2 Å². The van der Waals surface area contributed by atoms with Crippen LogP contribution in [0.3, 0.4) is 0 Å². The Morgan fingerprint density at radius 2 is 1.58 bits per heavy atom. The molecule has 1 fully saturated rings. The zero-order valence-electron chi connectivity index (χ0n) is 15.1. The summed E-state index contributed by atoms with van der Waals surface area (Å²) in [4.78, 5) is 23.8. The molecule has 2 rings (SSSR count). The first kappa shape index (κ1) is 18.3. The number of urea groups is 1. The van der Waals surface area contributed by atoms with Crippen LogP contribution in [0.5, 0.6) is 0 Å². The number of amides is 3. The van der Waals surface area contributed by atoms with E-state index in [0.717, 1.165) is 31.4 Å². The maximum absolute atomic E-state index is 12.1. The second-order valence-electron chi connectivity index (χ2n) is 7.59. The summed E-state index contributed by atoms with van der Waals surface area (Å²) >= 11 is 0. The molecule has 24 heavy (non-hydrogen) atoms. The van der Waals surface area contributed by atoms with E-state index in [1.807, 2.05) is 24.3 Å². The van der Waals surface area contributed by atoms with Gasteiger partial charge in [-0.25, -0.2) is 4.79 Å². The third-order valence-corrected chi connectivity index (χ3v) is 4.69. The predicted molar refractivity (Wildman–Crippen MR) is 97.1 cm³/mol. The number of benzene rings is 1. The smallest absolute Gasteiger partial charge is 0.319 e. The first-order chi connectivity index (χ1) is 11.3. The van der Waals surface area contributed by atoms with Crippen LogP contribution in [0, 0.1) is 5.92 Å². The van der Waals surface area contributed by atoms with Crippen LogP contribution in [-0.4, -0.2) is 25.0 Å². The van der Waals surface area contributed by atoms with Gasteiger partial charge in [0.15, 0.2) is 0 Å². The van der Waals surface area contributed by atoms with E-state index in [4.69, 9.17) is 0 Å². The largest absolute Gasteiger partial charge is 0.359 e. The fourth-order valence-electron chi connectivity index (χ4n) is 3.11. The second kappa shape index (κ2) is 7.69. The summed E-state index contributed by atoms with van der Waals surface area (Å²) in [6.07, 6.45) is 3.33. The molecule has 1 aromatic carbocycles. The Morgan fingerprint density at radius 1 is 1.00 bits per heavy atom. The zero-order valence-corrected chi connectivity index (χ0v) is 15.1. The minimum Gasteiger partial charge on any atom is -0.359 e. The van der Waals surface area contributed by atoms with Gasteiger partial charge >= 0.3 is 6.03 Å². The molecule has 0 spiro atoms. The average Bonchev–Trinajstić information content (AvgIpc) is 2.54. The van der Waals surface area contributed by atoms with E-state index >= 15 is 0 Å². The number of rotatable bonds is 3. The van der Waals surface area contributed by atoms with Crippen LogP contribution in [0.1, 0.15) is 52.0 Å². The fraction of sp³-hybridized carbons (Fsp3) is 0.579. The van der Waals surface area contributed by atoms with Gasteiger partial charge in [0.05, 0.1) is 0 Å². The molecule has 0 heterocycles. The monoisotopic (exact) mass is 331 g/mol. The summed E-state index contributed by atoms with van der Waals surface area (Å²) in [6, 6.07) is 7.92. The summed E-state index contributed by atoms with van der Waals surface area (Å²) in [5, 5.41) is 8.59. The van der Waals surface area contributed by atoms with Crippen molar-refractivity contribution in [1.29, 1.82) is 0 Å². The van der Waals surface area contributed by atoms with Crippen molar-refractivity contribution in [2.24, 2.45) is 5.92 Å². The van der Waals surface area contributed by atoms with E-state index in [1.165, 1.54) is 5.56 Å². The molecule has 0 aliphatic heterocycles. The van der Waals surface area contributed by atoms with Crippen molar-refractivity contribution < 1.29 is 9.59 Å². The Morgan fingerprint density at radius 3 is 2.08 bits per heavy atom. The molecule has 5 heteroatoms. The number of anilines is 1. The standard InChI is InChI=1S/C19H29N3O2/c1-19(2,3)14-7-11-16(12-8-14)22-18(24)21-15-9-5-13(6-10-15)17(23)20-4/h7-8,11-13,15H,5-6,9-10H2,1-4H3,(H,20,23)(H2,21,22,24). The highest BCUT2D eigenvalue weighted by molar-refractivity contribution is 5.89. The molecule has 0 bridgehead atoms. The molecule has 1 aliphatic carbocycles. The molecule has 3 amide bonds. The van der Waals surface area contributed by atoms with E-state index < -0.39 is 0 Å². The summed E-state index contributed by atoms with van der Waals surface area (Å²) < 4.78 is 0. The molecule has 5 nitrogen and oxygen atoms in total. The first-order valence-corrected chi connectivity index (χ1v) is 8.69. The Bertz CT molecular complexity index is 567. The Balaban J connectivity index is 1.81. The van der Waals surface area contributed by atoms with Crippen LogP contribution >= 0.6 is 0 Å². The van der Waals surface area contributed by atoms with Crippen molar-refractivity contribution in [3.05, 3.63) is 29.8 Å². The maximum atomic E-state index is 12.1. The highest BCUT2D eigenvalue weighted by Gasteiger charge is 2.26. The molecule has 1 saturated carbocycles. The number of nitrogens with one attached hydrogen (secondary N) is 3.